The van der Waals surface area contributed by atoms with Gasteiger partial charge in [0.1, 0.15) is 23.3 Å². The van der Waals surface area contributed by atoms with Crippen molar-refractivity contribution in [2.45, 2.75) is 63.8 Å². The zero-order valence-electron chi connectivity index (χ0n) is 29.0. The third-order valence-electron chi connectivity index (χ3n) is 11.0. The Balaban J connectivity index is 1.07. The minimum Gasteiger partial charge on any atom is -0.488 e. The van der Waals surface area contributed by atoms with Crippen LogP contribution in [0.3, 0.4) is 0 Å². The number of aromatic nitrogens is 1. The van der Waals surface area contributed by atoms with Gasteiger partial charge in [-0.15, -0.1) is 11.3 Å². The van der Waals surface area contributed by atoms with Crippen LogP contribution in [-0.2, 0) is 33.9 Å². The van der Waals surface area contributed by atoms with Crippen LogP contribution in [0.25, 0.3) is 0 Å². The molecule has 1 aliphatic carbocycles. The Kier molecular flexibility index (Phi) is 9.77. The molecule has 4 aromatic rings. The fourth-order valence-electron chi connectivity index (χ4n) is 8.39. The zero-order chi connectivity index (χ0) is 35.6. The van der Waals surface area contributed by atoms with Gasteiger partial charge >= 0.3 is 5.97 Å². The van der Waals surface area contributed by atoms with Crippen LogP contribution in [-0.4, -0.2) is 75.7 Å². The van der Waals surface area contributed by atoms with E-state index in [-0.39, 0.29) is 36.4 Å². The molecule has 1 saturated carbocycles. The lowest BCUT2D eigenvalue weighted by atomic mass is 9.77. The average Bonchev–Trinajstić information content (AvgIpc) is 3.96. The Bertz CT molecular complexity index is 1950. The van der Waals surface area contributed by atoms with Crippen LogP contribution >= 0.6 is 11.3 Å². The van der Waals surface area contributed by atoms with Crippen molar-refractivity contribution in [1.29, 1.82) is 0 Å². The van der Waals surface area contributed by atoms with E-state index in [1.807, 2.05) is 76.5 Å². The molecule has 268 valence electrons. The summed E-state index contributed by atoms with van der Waals surface area (Å²) in [6.45, 7) is 2.42. The number of nitrogens with zero attached hydrogens (tertiary/aromatic N) is 4. The molecule has 0 radical (unpaired) electrons. The highest BCUT2D eigenvalue weighted by atomic mass is 32.1. The lowest BCUT2D eigenvalue weighted by Crippen LogP contribution is -2.50. The Morgan fingerprint density at radius 3 is 2.46 bits per heavy atom. The van der Waals surface area contributed by atoms with Gasteiger partial charge in [0.2, 0.25) is 5.91 Å². The van der Waals surface area contributed by atoms with Crippen LogP contribution in [0, 0.1) is 11.8 Å². The minimum atomic E-state index is -0.531. The molecular weight excluding hydrogens is 677 g/mol. The molecule has 3 amide bonds. The Labute approximate surface area is 307 Å². The monoisotopic (exact) mass is 718 g/mol. The normalized spacial score (nSPS) is 22.5. The number of ether oxygens (including phenoxy) is 2. The van der Waals surface area contributed by atoms with Gasteiger partial charge in [0.25, 0.3) is 11.8 Å². The van der Waals surface area contributed by atoms with E-state index in [4.69, 9.17) is 9.47 Å². The molecular formula is C41H42N4O6S. The Morgan fingerprint density at radius 1 is 0.865 bits per heavy atom. The standard InChI is InChI=1S/C41H42N4O6S/c46-38-31-13-5-4-11-29(31)22-44(38)24-34-37-28(12-8-16-35(37)51-30-18-19-43(23-30)40(48)36-21-42-26-52-36)17-20-45(34)39(47)32-14-6-7-15-33(32)41(49)50-25-27-9-2-1-3-10-27/h1-5,8-13,16,21,26,30,32-34H,6-7,14-15,17-20,22-25H2/t30-,32+,33-,34+/m0/s1. The lowest BCUT2D eigenvalue weighted by molar-refractivity contribution is -0.159. The molecule has 1 aromatic heterocycles. The van der Waals surface area contributed by atoms with Gasteiger partial charge in [-0.25, -0.2) is 0 Å². The summed E-state index contributed by atoms with van der Waals surface area (Å²) < 4.78 is 12.5. The Morgan fingerprint density at radius 2 is 1.65 bits per heavy atom. The van der Waals surface area contributed by atoms with Crippen molar-refractivity contribution in [3.63, 3.8) is 0 Å². The number of carbonyl (C=O) groups excluding carboxylic acids is 4. The number of amides is 3. The van der Waals surface area contributed by atoms with E-state index in [1.54, 1.807) is 16.6 Å². The van der Waals surface area contributed by atoms with Gasteiger partial charge in [-0.05, 0) is 48.1 Å². The van der Waals surface area contributed by atoms with Crippen molar-refractivity contribution < 1.29 is 28.7 Å². The van der Waals surface area contributed by atoms with Gasteiger partial charge in [0, 0.05) is 43.7 Å². The van der Waals surface area contributed by atoms with E-state index in [2.05, 4.69) is 11.1 Å². The van der Waals surface area contributed by atoms with Crippen LogP contribution in [0.4, 0.5) is 0 Å². The maximum atomic E-state index is 14.8. The van der Waals surface area contributed by atoms with Crippen LogP contribution < -0.4 is 4.74 Å². The smallest absolute Gasteiger partial charge is 0.310 e. The quantitative estimate of drug-likeness (QED) is 0.194. The largest absolute Gasteiger partial charge is 0.488 e. The summed E-state index contributed by atoms with van der Waals surface area (Å²) in [5.41, 5.74) is 6.20. The zero-order valence-corrected chi connectivity index (χ0v) is 29.8. The van der Waals surface area contributed by atoms with Crippen molar-refractivity contribution in [3.8, 4) is 5.75 Å². The van der Waals surface area contributed by atoms with Crippen molar-refractivity contribution >= 4 is 35.0 Å². The lowest BCUT2D eigenvalue weighted by Gasteiger charge is -2.43. The fraction of sp³-hybridized carbons (Fsp3) is 0.390. The van der Waals surface area contributed by atoms with Crippen molar-refractivity contribution in [2.75, 3.05) is 26.2 Å². The van der Waals surface area contributed by atoms with E-state index < -0.39 is 17.9 Å². The van der Waals surface area contributed by atoms with Crippen LogP contribution in [0.15, 0.2) is 84.5 Å². The van der Waals surface area contributed by atoms with Crippen LogP contribution in [0.1, 0.15) is 80.4 Å². The predicted octanol–water partition coefficient (Wildman–Crippen LogP) is 6.07. The van der Waals surface area contributed by atoms with Gasteiger partial charge in [-0.2, -0.15) is 0 Å². The summed E-state index contributed by atoms with van der Waals surface area (Å²) in [4.78, 5) is 65.5. The molecule has 4 heterocycles. The molecule has 0 bridgehead atoms. The number of hydrogen-bond acceptors (Lipinski definition) is 8. The van der Waals surface area contributed by atoms with E-state index in [9.17, 15) is 19.2 Å². The summed E-state index contributed by atoms with van der Waals surface area (Å²) in [5, 5.41) is 0. The molecule has 0 spiro atoms. The number of esters is 1. The highest BCUT2D eigenvalue weighted by Crippen LogP contribution is 2.42. The number of thiazole rings is 1. The molecule has 2 fully saturated rings. The molecule has 8 rings (SSSR count). The third kappa shape index (κ3) is 6.81. The first kappa shape index (κ1) is 34.1. The average molecular weight is 719 g/mol. The first-order valence-electron chi connectivity index (χ1n) is 18.3. The van der Waals surface area contributed by atoms with E-state index >= 15 is 0 Å². The molecule has 10 nitrogen and oxygen atoms in total. The van der Waals surface area contributed by atoms with E-state index in [0.717, 1.165) is 35.1 Å². The van der Waals surface area contributed by atoms with Gasteiger partial charge in [-0.3, -0.25) is 24.2 Å². The number of rotatable bonds is 9. The second-order valence-corrected chi connectivity index (χ2v) is 15.1. The molecule has 0 unspecified atom stereocenters. The predicted molar refractivity (Wildman–Crippen MR) is 195 cm³/mol. The molecule has 3 aliphatic heterocycles. The first-order chi connectivity index (χ1) is 25.4. The van der Waals surface area contributed by atoms with Crippen LogP contribution in [0.2, 0.25) is 0 Å². The summed E-state index contributed by atoms with van der Waals surface area (Å²) in [5.74, 6) is -0.875. The maximum Gasteiger partial charge on any atom is 0.310 e. The topological polar surface area (TPSA) is 109 Å². The highest BCUT2D eigenvalue weighted by Gasteiger charge is 2.44. The summed E-state index contributed by atoms with van der Waals surface area (Å²) in [6.07, 6.45) is 5.61. The number of fused-ring (bicyclic) bond motifs is 2. The van der Waals surface area contributed by atoms with E-state index in [1.165, 1.54) is 11.3 Å². The number of hydrogen-bond donors (Lipinski definition) is 0. The molecule has 1 saturated heterocycles. The summed E-state index contributed by atoms with van der Waals surface area (Å²) in [6, 6.07) is 22.8. The molecule has 0 N–H and O–H groups in total. The Hall–Kier alpha value is -5.03. The first-order valence-corrected chi connectivity index (χ1v) is 19.2. The number of carbonyl (C=O) groups is 4. The van der Waals surface area contributed by atoms with Gasteiger partial charge in [-0.1, -0.05) is 73.5 Å². The third-order valence-corrected chi connectivity index (χ3v) is 11.8. The minimum absolute atomic E-state index is 0.0465. The van der Waals surface area contributed by atoms with Crippen molar-refractivity contribution in [3.05, 3.63) is 117 Å². The SMILES string of the molecule is O=C(OCc1ccccc1)[C@H]1CCCC[C@H]1C(=O)N1CCc2cccc(O[C@H]3CCN(C(=O)c4cncs4)C3)c2[C@H]1CN1Cc2ccccc2C1=O. The maximum absolute atomic E-state index is 14.8. The number of likely N-dealkylation sites (tertiary alicyclic amines) is 1. The second kappa shape index (κ2) is 14.9. The molecule has 3 aromatic carbocycles. The summed E-state index contributed by atoms with van der Waals surface area (Å²) >= 11 is 1.33. The molecule has 4 aliphatic rings. The molecule has 11 heteroatoms. The number of benzene rings is 3. The van der Waals surface area contributed by atoms with Gasteiger partial charge < -0.3 is 24.2 Å². The van der Waals surface area contributed by atoms with Crippen LogP contribution in [0.5, 0.6) is 5.75 Å². The molecule has 52 heavy (non-hydrogen) atoms. The highest BCUT2D eigenvalue weighted by molar-refractivity contribution is 7.11. The van der Waals surface area contributed by atoms with Crippen molar-refractivity contribution in [1.82, 2.24) is 19.7 Å². The summed E-state index contributed by atoms with van der Waals surface area (Å²) in [7, 11) is 0. The van der Waals surface area contributed by atoms with Crippen molar-refractivity contribution in [2.24, 2.45) is 11.8 Å². The van der Waals surface area contributed by atoms with Gasteiger partial charge in [0.15, 0.2) is 0 Å². The van der Waals surface area contributed by atoms with Gasteiger partial charge in [0.05, 0.1) is 36.1 Å². The molecule has 4 atom stereocenters. The van der Waals surface area contributed by atoms with E-state index in [0.29, 0.717) is 74.6 Å². The second-order valence-electron chi connectivity index (χ2n) is 14.2. The fourth-order valence-corrected chi connectivity index (χ4v) is 8.98.